The molecule has 0 atom stereocenters. The van der Waals surface area contributed by atoms with E-state index in [1.807, 2.05) is 16.7 Å². The van der Waals surface area contributed by atoms with Crippen molar-refractivity contribution in [3.05, 3.63) is 59.4 Å². The van der Waals surface area contributed by atoms with E-state index < -0.39 is 0 Å². The third-order valence-electron chi connectivity index (χ3n) is 11.4. The highest BCUT2D eigenvalue weighted by molar-refractivity contribution is 7.99. The molecule has 6 heterocycles. The number of hydrogen-bond donors (Lipinski definition) is 2. The molecule has 0 unspecified atom stereocenters. The average Bonchev–Trinajstić information content (AvgIpc) is 3.82. The summed E-state index contributed by atoms with van der Waals surface area (Å²) in [5, 5.41) is 1.38. The standard InChI is InChI=1S/C21H28FN3O3.C21H28FN3O2S/c1-14(2)24-5-3-16(4-6-24)28-20-13-18-15(11-17(20)22)12-19(23-18)21(26)25-7-9-27-10-8-25;1-14(2)24-5-3-16(4-6-24)27-20-13-18-15(11-17(20)22)12-19(23-18)21(26)25-7-9-28-10-8-25/h2*11-14,16,23H,3-10H2,1-2H3. The van der Waals surface area contributed by atoms with Gasteiger partial charge in [0.05, 0.1) is 13.2 Å². The lowest BCUT2D eigenvalue weighted by molar-refractivity contribution is 0.0299. The molecule has 8 rings (SSSR count). The van der Waals surface area contributed by atoms with Crippen LogP contribution in [0.5, 0.6) is 11.5 Å². The number of likely N-dealkylation sites (tertiary alicyclic amines) is 2. The number of benzene rings is 2. The van der Waals surface area contributed by atoms with Gasteiger partial charge >= 0.3 is 0 Å². The number of amides is 2. The Kier molecular flexibility index (Phi) is 13.1. The number of thioether (sulfide) groups is 1. The minimum Gasteiger partial charge on any atom is -0.487 e. The predicted molar refractivity (Wildman–Crippen MR) is 217 cm³/mol. The highest BCUT2D eigenvalue weighted by atomic mass is 32.2. The maximum Gasteiger partial charge on any atom is 0.270 e. The van der Waals surface area contributed by atoms with Crippen LogP contribution in [0, 0.1) is 11.6 Å². The Morgan fingerprint density at radius 3 is 1.46 bits per heavy atom. The summed E-state index contributed by atoms with van der Waals surface area (Å²) in [6.07, 6.45) is 3.63. The van der Waals surface area contributed by atoms with Crippen molar-refractivity contribution in [1.82, 2.24) is 29.6 Å². The van der Waals surface area contributed by atoms with Gasteiger partial charge in [-0.1, -0.05) is 0 Å². The van der Waals surface area contributed by atoms with Crippen molar-refractivity contribution in [2.45, 2.75) is 77.7 Å². The number of hydrogen-bond acceptors (Lipinski definition) is 8. The highest BCUT2D eigenvalue weighted by Gasteiger charge is 2.26. The van der Waals surface area contributed by atoms with Crippen molar-refractivity contribution >= 4 is 45.4 Å². The Bertz CT molecular complexity index is 1820. The van der Waals surface area contributed by atoms with E-state index in [9.17, 15) is 18.4 Å². The first-order valence-electron chi connectivity index (χ1n) is 20.2. The first-order chi connectivity index (χ1) is 27.0. The van der Waals surface area contributed by atoms with Crippen molar-refractivity contribution in [3.63, 3.8) is 0 Å². The topological polar surface area (TPSA) is 106 Å². The molecule has 14 heteroatoms. The van der Waals surface area contributed by atoms with Crippen LogP contribution in [0.25, 0.3) is 21.8 Å². The fourth-order valence-electron chi connectivity index (χ4n) is 7.93. The second-order valence-electron chi connectivity index (χ2n) is 15.8. The molecule has 4 fully saturated rings. The van der Waals surface area contributed by atoms with Gasteiger partial charge in [0, 0.05) is 110 Å². The van der Waals surface area contributed by atoms with Gasteiger partial charge in [-0.2, -0.15) is 11.8 Å². The molecule has 11 nitrogen and oxygen atoms in total. The van der Waals surface area contributed by atoms with Crippen molar-refractivity contribution in [1.29, 1.82) is 0 Å². The molecule has 2 aromatic heterocycles. The fraction of sp³-hybridized carbons (Fsp3) is 0.571. The zero-order chi connectivity index (χ0) is 39.3. The van der Waals surface area contributed by atoms with Crippen LogP contribution in [0.4, 0.5) is 8.78 Å². The van der Waals surface area contributed by atoms with Crippen LogP contribution in [0.2, 0.25) is 0 Å². The minimum atomic E-state index is -0.386. The van der Waals surface area contributed by atoms with Gasteiger partial charge < -0.3 is 43.8 Å². The summed E-state index contributed by atoms with van der Waals surface area (Å²) < 4.78 is 46.4. The summed E-state index contributed by atoms with van der Waals surface area (Å²) in [6, 6.07) is 10.8. The number of carbonyl (C=O) groups is 2. The van der Waals surface area contributed by atoms with Crippen molar-refractivity contribution < 1.29 is 32.6 Å². The van der Waals surface area contributed by atoms with Gasteiger partial charge in [-0.05, 0) is 77.6 Å². The first-order valence-corrected chi connectivity index (χ1v) is 21.4. The number of aromatic amines is 2. The maximum absolute atomic E-state index is 14.6. The Hall–Kier alpha value is -3.85. The van der Waals surface area contributed by atoms with Gasteiger partial charge in [-0.3, -0.25) is 9.59 Å². The molecule has 56 heavy (non-hydrogen) atoms. The molecule has 2 aromatic carbocycles. The fourth-order valence-corrected chi connectivity index (χ4v) is 8.83. The van der Waals surface area contributed by atoms with Crippen molar-refractivity contribution in [2.75, 3.05) is 77.1 Å². The number of ether oxygens (including phenoxy) is 3. The number of nitrogens with zero attached hydrogens (tertiary/aromatic N) is 4. The van der Waals surface area contributed by atoms with Gasteiger partial charge in [-0.15, -0.1) is 0 Å². The quantitative estimate of drug-likeness (QED) is 0.201. The predicted octanol–water partition coefficient (Wildman–Crippen LogP) is 6.78. The Morgan fingerprint density at radius 1 is 0.643 bits per heavy atom. The van der Waals surface area contributed by atoms with Crippen LogP contribution >= 0.6 is 11.8 Å². The monoisotopic (exact) mass is 794 g/mol. The Labute approximate surface area is 332 Å². The Balaban J connectivity index is 0.000000172. The van der Waals surface area contributed by atoms with Crippen LogP contribution < -0.4 is 9.47 Å². The number of halogens is 2. The van der Waals surface area contributed by atoms with E-state index in [4.69, 9.17) is 14.2 Å². The summed E-state index contributed by atoms with van der Waals surface area (Å²) in [5.41, 5.74) is 2.45. The van der Waals surface area contributed by atoms with Crippen LogP contribution in [0.1, 0.15) is 74.4 Å². The number of piperidine rings is 2. The van der Waals surface area contributed by atoms with Gasteiger partial charge in [0.1, 0.15) is 23.6 Å². The summed E-state index contributed by atoms with van der Waals surface area (Å²) >= 11 is 1.86. The molecule has 0 bridgehead atoms. The van der Waals surface area contributed by atoms with Gasteiger partial charge in [-0.25, -0.2) is 8.78 Å². The van der Waals surface area contributed by atoms with E-state index >= 15 is 0 Å². The summed E-state index contributed by atoms with van der Waals surface area (Å²) in [7, 11) is 0. The lowest BCUT2D eigenvalue weighted by Gasteiger charge is -2.34. The third kappa shape index (κ3) is 9.63. The molecule has 0 aliphatic carbocycles. The molecule has 4 aliphatic heterocycles. The zero-order valence-electron chi connectivity index (χ0n) is 33.1. The van der Waals surface area contributed by atoms with Crippen LogP contribution in [-0.4, -0.2) is 143 Å². The number of aromatic nitrogens is 2. The molecule has 4 saturated heterocycles. The molecule has 2 N–H and O–H groups in total. The zero-order valence-corrected chi connectivity index (χ0v) is 33.9. The van der Waals surface area contributed by atoms with Gasteiger partial charge in [0.2, 0.25) is 0 Å². The van der Waals surface area contributed by atoms with Crippen molar-refractivity contribution in [3.8, 4) is 11.5 Å². The van der Waals surface area contributed by atoms with Crippen molar-refractivity contribution in [2.24, 2.45) is 0 Å². The molecule has 0 radical (unpaired) electrons. The van der Waals surface area contributed by atoms with E-state index in [1.54, 1.807) is 29.2 Å². The number of morpholine rings is 1. The molecule has 0 spiro atoms. The molecule has 4 aliphatic rings. The molecular formula is C42H56F2N6O5S. The van der Waals surface area contributed by atoms with Crippen LogP contribution in [0.3, 0.4) is 0 Å². The second kappa shape index (κ2) is 18.2. The number of H-pyrrole nitrogens is 2. The average molecular weight is 795 g/mol. The molecule has 2 amide bonds. The van der Waals surface area contributed by atoms with Crippen LogP contribution in [-0.2, 0) is 4.74 Å². The number of fused-ring (bicyclic) bond motifs is 2. The SMILES string of the molecule is CC(C)N1CCC(Oc2cc3[nH]c(C(=O)N4CCOCC4)cc3cc2F)CC1.CC(C)N1CCC(Oc2cc3[nH]c(C(=O)N4CCSCC4)cc3cc2F)CC1. The highest BCUT2D eigenvalue weighted by Crippen LogP contribution is 2.30. The normalized spacial score (nSPS) is 19.5. The third-order valence-corrected chi connectivity index (χ3v) is 12.3. The van der Waals surface area contributed by atoms with E-state index in [1.165, 1.54) is 12.1 Å². The lowest BCUT2D eigenvalue weighted by atomic mass is 10.1. The number of rotatable bonds is 8. The molecule has 304 valence electrons. The lowest BCUT2D eigenvalue weighted by Crippen LogP contribution is -2.41. The number of nitrogens with one attached hydrogen (secondary N) is 2. The largest absolute Gasteiger partial charge is 0.487 e. The van der Waals surface area contributed by atoms with Gasteiger partial charge in [0.25, 0.3) is 11.8 Å². The van der Waals surface area contributed by atoms with E-state index in [0.29, 0.717) is 66.1 Å². The minimum absolute atomic E-state index is 0.0135. The molecule has 0 saturated carbocycles. The summed E-state index contributed by atoms with van der Waals surface area (Å²) in [5.74, 6) is 1.61. The van der Waals surface area contributed by atoms with E-state index in [2.05, 4.69) is 47.5 Å². The smallest absolute Gasteiger partial charge is 0.270 e. The second-order valence-corrected chi connectivity index (χ2v) is 17.0. The Morgan fingerprint density at radius 2 is 1.05 bits per heavy atom. The van der Waals surface area contributed by atoms with E-state index in [-0.39, 0.29) is 47.2 Å². The van der Waals surface area contributed by atoms with E-state index in [0.717, 1.165) is 82.0 Å². The molecular weight excluding hydrogens is 739 g/mol. The number of carbonyl (C=O) groups excluding carboxylic acids is 2. The van der Waals surface area contributed by atoms with Gasteiger partial charge in [0.15, 0.2) is 23.1 Å². The maximum atomic E-state index is 14.6. The summed E-state index contributed by atoms with van der Waals surface area (Å²) in [4.78, 5) is 40.1. The first kappa shape index (κ1) is 40.4. The summed E-state index contributed by atoms with van der Waals surface area (Å²) in [6.45, 7) is 16.4. The molecule has 4 aromatic rings. The van der Waals surface area contributed by atoms with Crippen LogP contribution in [0.15, 0.2) is 36.4 Å².